The standard InChI is InChI=1S/C15H24O3/c1-9(8-16)13-12(18)7-15(13,4)10-5-14(2,3)6-11(10)17/h8,10-12,17-18H,5-7H2,1-4H3/b13-9+/t10-,11+,12-,15+/m0/s1. The lowest BCUT2D eigenvalue weighted by atomic mass is 9.55. The Labute approximate surface area is 109 Å². The van der Waals surface area contributed by atoms with Gasteiger partial charge in [-0.05, 0) is 54.1 Å². The average molecular weight is 252 g/mol. The minimum absolute atomic E-state index is 0.147. The first-order chi connectivity index (χ1) is 8.21. The lowest BCUT2D eigenvalue weighted by molar-refractivity contribution is -0.105. The molecule has 102 valence electrons. The van der Waals surface area contributed by atoms with E-state index in [2.05, 4.69) is 20.8 Å². The summed E-state index contributed by atoms with van der Waals surface area (Å²) in [5.41, 5.74) is 1.42. The van der Waals surface area contributed by atoms with Gasteiger partial charge in [-0.2, -0.15) is 0 Å². The van der Waals surface area contributed by atoms with Crippen LogP contribution in [0.2, 0.25) is 0 Å². The second-order valence-electron chi connectivity index (χ2n) is 7.10. The number of carbonyl (C=O) groups excluding carboxylic acids is 1. The van der Waals surface area contributed by atoms with E-state index in [0.29, 0.717) is 12.0 Å². The molecule has 0 aromatic heterocycles. The van der Waals surface area contributed by atoms with E-state index in [0.717, 1.165) is 24.7 Å². The molecule has 0 heterocycles. The number of hydrogen-bond acceptors (Lipinski definition) is 3. The van der Waals surface area contributed by atoms with Gasteiger partial charge in [-0.15, -0.1) is 0 Å². The van der Waals surface area contributed by atoms with Crippen LogP contribution >= 0.6 is 0 Å². The maximum absolute atomic E-state index is 11.0. The van der Waals surface area contributed by atoms with Crippen molar-refractivity contribution < 1.29 is 15.0 Å². The molecule has 0 bridgehead atoms. The lowest BCUT2D eigenvalue weighted by Gasteiger charge is -2.51. The lowest BCUT2D eigenvalue weighted by Crippen LogP contribution is -2.50. The number of carbonyl (C=O) groups is 1. The Hall–Kier alpha value is -0.670. The van der Waals surface area contributed by atoms with Gasteiger partial charge in [0.2, 0.25) is 0 Å². The average Bonchev–Trinajstić information content (AvgIpc) is 2.51. The molecule has 0 aromatic rings. The molecule has 0 unspecified atom stereocenters. The molecule has 2 saturated carbocycles. The van der Waals surface area contributed by atoms with Crippen molar-refractivity contribution in [1.29, 1.82) is 0 Å². The molecule has 18 heavy (non-hydrogen) atoms. The van der Waals surface area contributed by atoms with Crippen molar-refractivity contribution in [2.45, 2.75) is 59.2 Å². The molecule has 0 radical (unpaired) electrons. The molecule has 3 heteroatoms. The maximum atomic E-state index is 11.0. The highest BCUT2D eigenvalue weighted by Crippen LogP contribution is 2.59. The van der Waals surface area contributed by atoms with Crippen LogP contribution in [0.1, 0.15) is 47.0 Å². The second-order valence-corrected chi connectivity index (χ2v) is 7.10. The topological polar surface area (TPSA) is 57.5 Å². The van der Waals surface area contributed by atoms with Crippen LogP contribution in [0, 0.1) is 16.7 Å². The van der Waals surface area contributed by atoms with Crippen LogP contribution in [0.5, 0.6) is 0 Å². The van der Waals surface area contributed by atoms with Gasteiger partial charge >= 0.3 is 0 Å². The highest BCUT2D eigenvalue weighted by molar-refractivity contribution is 5.75. The van der Waals surface area contributed by atoms with Gasteiger partial charge < -0.3 is 10.2 Å². The van der Waals surface area contributed by atoms with Gasteiger partial charge in [-0.3, -0.25) is 4.79 Å². The monoisotopic (exact) mass is 252 g/mol. The molecule has 0 amide bonds. The fourth-order valence-electron chi connectivity index (χ4n) is 4.16. The Kier molecular flexibility index (Phi) is 3.19. The molecule has 0 saturated heterocycles. The van der Waals surface area contributed by atoms with Crippen LogP contribution < -0.4 is 0 Å². The number of rotatable bonds is 2. The van der Waals surface area contributed by atoms with E-state index < -0.39 is 6.10 Å². The Morgan fingerprint density at radius 1 is 1.22 bits per heavy atom. The Morgan fingerprint density at radius 2 is 1.83 bits per heavy atom. The highest BCUT2D eigenvalue weighted by Gasteiger charge is 2.56. The van der Waals surface area contributed by atoms with Crippen molar-refractivity contribution >= 4 is 6.29 Å². The first-order valence-electron chi connectivity index (χ1n) is 6.74. The van der Waals surface area contributed by atoms with Crippen LogP contribution in [-0.4, -0.2) is 28.7 Å². The largest absolute Gasteiger partial charge is 0.393 e. The summed E-state index contributed by atoms with van der Waals surface area (Å²) in [7, 11) is 0. The predicted molar refractivity (Wildman–Crippen MR) is 70.0 cm³/mol. The van der Waals surface area contributed by atoms with Crippen molar-refractivity contribution in [3.05, 3.63) is 11.1 Å². The zero-order valence-corrected chi connectivity index (χ0v) is 11.7. The van der Waals surface area contributed by atoms with Gasteiger partial charge in [-0.1, -0.05) is 20.8 Å². The zero-order chi connectivity index (χ0) is 13.7. The number of aliphatic hydroxyl groups is 2. The van der Waals surface area contributed by atoms with Gasteiger partial charge in [0.15, 0.2) is 0 Å². The van der Waals surface area contributed by atoms with E-state index in [1.807, 2.05) is 0 Å². The molecular formula is C15H24O3. The number of aliphatic hydroxyl groups excluding tert-OH is 2. The first kappa shape index (κ1) is 13.8. The van der Waals surface area contributed by atoms with E-state index in [1.165, 1.54) is 0 Å². The molecule has 2 aliphatic carbocycles. The maximum Gasteiger partial charge on any atom is 0.145 e. The molecule has 0 aromatic carbocycles. The van der Waals surface area contributed by atoms with E-state index in [4.69, 9.17) is 0 Å². The summed E-state index contributed by atoms with van der Waals surface area (Å²) in [6.07, 6.45) is 2.40. The molecule has 0 aliphatic heterocycles. The summed E-state index contributed by atoms with van der Waals surface area (Å²) < 4.78 is 0. The highest BCUT2D eigenvalue weighted by atomic mass is 16.3. The van der Waals surface area contributed by atoms with Gasteiger partial charge in [0, 0.05) is 0 Å². The summed E-state index contributed by atoms with van der Waals surface area (Å²) in [5.74, 6) is 0.154. The van der Waals surface area contributed by atoms with Crippen molar-refractivity contribution in [2.75, 3.05) is 0 Å². The van der Waals surface area contributed by atoms with E-state index >= 15 is 0 Å². The Bertz CT molecular complexity index is 397. The molecule has 4 atom stereocenters. The van der Waals surface area contributed by atoms with E-state index in [1.54, 1.807) is 6.92 Å². The summed E-state index contributed by atoms with van der Waals surface area (Å²) in [6, 6.07) is 0. The zero-order valence-electron chi connectivity index (χ0n) is 11.7. The van der Waals surface area contributed by atoms with Crippen LogP contribution in [0.4, 0.5) is 0 Å². The normalized spacial score (nSPS) is 45.6. The molecular weight excluding hydrogens is 228 g/mol. The fraction of sp³-hybridized carbons (Fsp3) is 0.800. The van der Waals surface area contributed by atoms with Crippen molar-refractivity contribution in [3.63, 3.8) is 0 Å². The first-order valence-corrected chi connectivity index (χ1v) is 6.74. The van der Waals surface area contributed by atoms with E-state index in [-0.39, 0.29) is 22.9 Å². The summed E-state index contributed by atoms with van der Waals surface area (Å²) >= 11 is 0. The third-order valence-corrected chi connectivity index (χ3v) is 4.98. The van der Waals surface area contributed by atoms with Crippen LogP contribution in [-0.2, 0) is 4.79 Å². The SMILES string of the molecule is C/C(C=O)=C1/[C@@H](O)C[C@]1(C)[C@H]1CC(C)(C)C[C@H]1O. The fourth-order valence-corrected chi connectivity index (χ4v) is 4.16. The van der Waals surface area contributed by atoms with Crippen LogP contribution in [0.25, 0.3) is 0 Å². The summed E-state index contributed by atoms with van der Waals surface area (Å²) in [5, 5.41) is 20.2. The quantitative estimate of drug-likeness (QED) is 0.584. The number of allylic oxidation sites excluding steroid dienone is 1. The summed E-state index contributed by atoms with van der Waals surface area (Å²) in [4.78, 5) is 11.0. The molecule has 2 rings (SSSR count). The number of hydrogen-bond donors (Lipinski definition) is 2. The molecule has 2 aliphatic rings. The minimum atomic E-state index is -0.504. The third-order valence-electron chi connectivity index (χ3n) is 4.98. The van der Waals surface area contributed by atoms with Crippen LogP contribution in [0.3, 0.4) is 0 Å². The van der Waals surface area contributed by atoms with Crippen LogP contribution in [0.15, 0.2) is 11.1 Å². The molecule has 3 nitrogen and oxygen atoms in total. The van der Waals surface area contributed by atoms with Gasteiger partial charge in [0.25, 0.3) is 0 Å². The third kappa shape index (κ3) is 1.94. The van der Waals surface area contributed by atoms with E-state index in [9.17, 15) is 15.0 Å². The second kappa shape index (κ2) is 4.17. The number of aldehydes is 1. The molecule has 0 spiro atoms. The van der Waals surface area contributed by atoms with Crippen molar-refractivity contribution in [1.82, 2.24) is 0 Å². The Morgan fingerprint density at radius 3 is 2.22 bits per heavy atom. The Balaban J connectivity index is 2.31. The smallest absolute Gasteiger partial charge is 0.145 e. The van der Waals surface area contributed by atoms with Gasteiger partial charge in [0.05, 0.1) is 12.2 Å². The minimum Gasteiger partial charge on any atom is -0.393 e. The predicted octanol–water partition coefficient (Wildman–Crippen LogP) is 2.07. The molecule has 2 fully saturated rings. The van der Waals surface area contributed by atoms with Crippen molar-refractivity contribution in [2.24, 2.45) is 16.7 Å². The van der Waals surface area contributed by atoms with Gasteiger partial charge in [0.1, 0.15) is 6.29 Å². The summed E-state index contributed by atoms with van der Waals surface area (Å²) in [6.45, 7) is 8.18. The van der Waals surface area contributed by atoms with Gasteiger partial charge in [-0.25, -0.2) is 0 Å². The molecule has 2 N–H and O–H groups in total. The van der Waals surface area contributed by atoms with Crippen molar-refractivity contribution in [3.8, 4) is 0 Å².